The van der Waals surface area contributed by atoms with Crippen LogP contribution in [0.5, 0.6) is 11.5 Å². The Kier molecular flexibility index (Phi) is 6.10. The number of carbonyl (C=O) groups excluding carboxylic acids is 1. The predicted octanol–water partition coefficient (Wildman–Crippen LogP) is 3.05. The molecule has 0 bridgehead atoms. The number of carbonyl (C=O) groups is 1. The number of ether oxygens (including phenoxy) is 2. The van der Waals surface area contributed by atoms with Gasteiger partial charge in [-0.3, -0.25) is 4.79 Å². The van der Waals surface area contributed by atoms with Gasteiger partial charge in [0.2, 0.25) is 15.9 Å². The molecule has 1 heterocycles. The number of rotatable bonds is 6. The predicted molar refractivity (Wildman–Crippen MR) is 115 cm³/mol. The molecular weight excluding hydrogens is 404 g/mol. The molecule has 0 radical (unpaired) electrons. The Balaban J connectivity index is 1.98. The van der Waals surface area contributed by atoms with Gasteiger partial charge in [0, 0.05) is 19.0 Å². The topological polar surface area (TPSA) is 84.9 Å². The number of methoxy groups -OCH3 is 1. The van der Waals surface area contributed by atoms with Crippen LogP contribution in [-0.4, -0.2) is 44.6 Å². The largest absolute Gasteiger partial charge is 0.497 e. The van der Waals surface area contributed by atoms with E-state index in [0.717, 1.165) is 16.1 Å². The first-order chi connectivity index (χ1) is 14.0. The van der Waals surface area contributed by atoms with Crippen LogP contribution < -0.4 is 14.8 Å². The highest BCUT2D eigenvalue weighted by Crippen LogP contribution is 2.41. The number of nitrogens with zero attached hydrogens (tertiary/aromatic N) is 1. The molecule has 1 aliphatic rings. The molecule has 0 aliphatic carbocycles. The second-order valence-electron chi connectivity index (χ2n) is 8.12. The second-order valence-corrected chi connectivity index (χ2v) is 10.2. The highest BCUT2D eigenvalue weighted by Gasteiger charge is 2.38. The Bertz CT molecular complexity index is 1020. The van der Waals surface area contributed by atoms with Crippen LogP contribution >= 0.6 is 0 Å². The number of fused-ring (bicyclic) bond motifs is 1. The summed E-state index contributed by atoms with van der Waals surface area (Å²) in [7, 11) is -0.609. The Morgan fingerprint density at radius 3 is 2.50 bits per heavy atom. The van der Waals surface area contributed by atoms with E-state index < -0.39 is 27.6 Å². The standard InChI is InChI=1S/C22H28N2O5S/c1-22(2)14-18(17-13-16(28-4)11-12-19(17)29-22)23-21(25)20(24(3)30(5,26)27)15-9-7-6-8-10-15/h6-13,18,20H,14H2,1-5H3,(H,23,25)/t18-,20-/m1/s1. The van der Waals surface area contributed by atoms with Crippen LogP contribution in [0.4, 0.5) is 0 Å². The van der Waals surface area contributed by atoms with Gasteiger partial charge in [0.1, 0.15) is 23.1 Å². The van der Waals surface area contributed by atoms with E-state index in [1.807, 2.05) is 38.1 Å². The normalized spacial score (nSPS) is 18.8. The van der Waals surface area contributed by atoms with Crippen molar-refractivity contribution < 1.29 is 22.7 Å². The van der Waals surface area contributed by atoms with Gasteiger partial charge in [-0.2, -0.15) is 4.31 Å². The van der Waals surface area contributed by atoms with E-state index in [-0.39, 0.29) is 6.04 Å². The summed E-state index contributed by atoms with van der Waals surface area (Å²) in [5.41, 5.74) is 0.904. The summed E-state index contributed by atoms with van der Waals surface area (Å²) in [6.07, 6.45) is 1.62. The molecule has 0 saturated heterocycles. The molecule has 2 aromatic carbocycles. The lowest BCUT2D eigenvalue weighted by Gasteiger charge is -2.39. The molecule has 0 aromatic heterocycles. The molecule has 2 atom stereocenters. The lowest BCUT2D eigenvalue weighted by molar-refractivity contribution is -0.126. The smallest absolute Gasteiger partial charge is 0.243 e. The van der Waals surface area contributed by atoms with Crippen LogP contribution in [0.2, 0.25) is 0 Å². The van der Waals surface area contributed by atoms with Crippen molar-refractivity contribution in [1.82, 2.24) is 9.62 Å². The summed E-state index contributed by atoms with van der Waals surface area (Å²) in [5, 5.41) is 3.05. The van der Waals surface area contributed by atoms with Crippen LogP contribution in [0.1, 0.15) is 43.5 Å². The summed E-state index contributed by atoms with van der Waals surface area (Å²) in [4.78, 5) is 13.4. The van der Waals surface area contributed by atoms with Gasteiger partial charge in [-0.05, 0) is 37.6 Å². The molecule has 2 aromatic rings. The Hall–Kier alpha value is -2.58. The van der Waals surface area contributed by atoms with Crippen LogP contribution in [0.25, 0.3) is 0 Å². The fourth-order valence-corrected chi connectivity index (χ4v) is 4.29. The van der Waals surface area contributed by atoms with Gasteiger partial charge in [-0.15, -0.1) is 0 Å². The fourth-order valence-electron chi connectivity index (χ4n) is 3.69. The first-order valence-electron chi connectivity index (χ1n) is 9.67. The number of sulfonamides is 1. The molecule has 3 rings (SSSR count). The minimum Gasteiger partial charge on any atom is -0.497 e. The number of nitrogens with one attached hydrogen (secondary N) is 1. The molecule has 7 nitrogen and oxygen atoms in total. The van der Waals surface area contributed by atoms with E-state index in [1.54, 1.807) is 31.4 Å². The van der Waals surface area contributed by atoms with Crippen molar-refractivity contribution in [3.8, 4) is 11.5 Å². The van der Waals surface area contributed by atoms with Gasteiger partial charge in [-0.1, -0.05) is 30.3 Å². The van der Waals surface area contributed by atoms with Crippen molar-refractivity contribution in [1.29, 1.82) is 0 Å². The first-order valence-corrected chi connectivity index (χ1v) is 11.5. The zero-order chi connectivity index (χ0) is 22.1. The Morgan fingerprint density at radius 1 is 1.23 bits per heavy atom. The molecule has 0 spiro atoms. The molecule has 0 saturated carbocycles. The highest BCUT2D eigenvalue weighted by molar-refractivity contribution is 7.88. The van der Waals surface area contributed by atoms with Crippen molar-refractivity contribution in [2.75, 3.05) is 20.4 Å². The maximum atomic E-state index is 13.4. The average molecular weight is 433 g/mol. The fraction of sp³-hybridized carbons (Fsp3) is 0.409. The van der Waals surface area contributed by atoms with Crippen LogP contribution in [0, 0.1) is 0 Å². The number of hydrogen-bond acceptors (Lipinski definition) is 5. The monoisotopic (exact) mass is 432 g/mol. The molecular formula is C22H28N2O5S. The lowest BCUT2D eigenvalue weighted by atomic mass is 9.89. The average Bonchev–Trinajstić information content (AvgIpc) is 2.67. The zero-order valence-corrected chi connectivity index (χ0v) is 18.7. The van der Waals surface area contributed by atoms with Crippen molar-refractivity contribution in [2.45, 2.75) is 38.0 Å². The van der Waals surface area contributed by atoms with E-state index in [9.17, 15) is 13.2 Å². The summed E-state index contributed by atoms with van der Waals surface area (Å²) in [6, 6.07) is 13.0. The van der Waals surface area contributed by atoms with Crippen molar-refractivity contribution in [3.05, 3.63) is 59.7 Å². The van der Waals surface area contributed by atoms with Gasteiger partial charge in [0.15, 0.2) is 0 Å². The van der Waals surface area contributed by atoms with Gasteiger partial charge in [-0.25, -0.2) is 8.42 Å². The molecule has 30 heavy (non-hydrogen) atoms. The molecule has 162 valence electrons. The van der Waals surface area contributed by atoms with Gasteiger partial charge >= 0.3 is 0 Å². The third-order valence-corrected chi connectivity index (χ3v) is 6.50. The zero-order valence-electron chi connectivity index (χ0n) is 17.9. The van der Waals surface area contributed by atoms with Gasteiger partial charge in [0.25, 0.3) is 0 Å². The summed E-state index contributed by atoms with van der Waals surface area (Å²) in [5.74, 6) is 0.930. The highest BCUT2D eigenvalue weighted by atomic mass is 32.2. The van der Waals surface area contributed by atoms with E-state index in [1.165, 1.54) is 7.05 Å². The molecule has 1 amide bonds. The SMILES string of the molecule is COc1ccc2c(c1)[C@H](NC(=O)[C@@H](c1ccccc1)N(C)S(C)(=O)=O)CC(C)(C)O2. The number of hydrogen-bond donors (Lipinski definition) is 1. The van der Waals surface area contributed by atoms with Gasteiger partial charge < -0.3 is 14.8 Å². The van der Waals surface area contributed by atoms with Crippen LogP contribution in [0.3, 0.4) is 0 Å². The van der Waals surface area contributed by atoms with E-state index in [2.05, 4.69) is 5.32 Å². The molecule has 8 heteroatoms. The lowest BCUT2D eigenvalue weighted by Crippen LogP contribution is -2.46. The molecule has 0 unspecified atom stereocenters. The van der Waals surface area contributed by atoms with Crippen molar-refractivity contribution >= 4 is 15.9 Å². The Morgan fingerprint density at radius 2 is 1.90 bits per heavy atom. The van der Waals surface area contributed by atoms with Crippen molar-refractivity contribution in [3.63, 3.8) is 0 Å². The summed E-state index contributed by atoms with van der Waals surface area (Å²) < 4.78 is 37.0. The maximum Gasteiger partial charge on any atom is 0.243 e. The number of benzene rings is 2. The summed E-state index contributed by atoms with van der Waals surface area (Å²) in [6.45, 7) is 3.91. The third kappa shape index (κ3) is 4.76. The quantitative estimate of drug-likeness (QED) is 0.758. The second kappa shape index (κ2) is 8.28. The van der Waals surface area contributed by atoms with E-state index in [0.29, 0.717) is 23.5 Å². The van der Waals surface area contributed by atoms with Gasteiger partial charge in [0.05, 0.1) is 19.4 Å². The van der Waals surface area contributed by atoms with E-state index in [4.69, 9.17) is 9.47 Å². The van der Waals surface area contributed by atoms with Crippen LogP contribution in [0.15, 0.2) is 48.5 Å². The minimum absolute atomic E-state index is 0.356. The Labute approximate surface area is 178 Å². The minimum atomic E-state index is -3.60. The summed E-state index contributed by atoms with van der Waals surface area (Å²) >= 11 is 0. The van der Waals surface area contributed by atoms with E-state index >= 15 is 0 Å². The van der Waals surface area contributed by atoms with Crippen molar-refractivity contribution in [2.24, 2.45) is 0 Å². The maximum absolute atomic E-state index is 13.4. The van der Waals surface area contributed by atoms with Crippen LogP contribution in [-0.2, 0) is 14.8 Å². The molecule has 1 N–H and O–H groups in total. The number of amides is 1. The third-order valence-electron chi connectivity index (χ3n) is 5.24. The first kappa shape index (κ1) is 22.1. The molecule has 1 aliphatic heterocycles. The molecule has 0 fully saturated rings. The number of likely N-dealkylation sites (N-methyl/N-ethyl adjacent to an activating group) is 1.